The molecular formula is C16H17N3O. The van der Waals surface area contributed by atoms with Crippen LogP contribution in [0, 0.1) is 0 Å². The topological polar surface area (TPSA) is 46.9 Å². The van der Waals surface area contributed by atoms with Gasteiger partial charge in [-0.3, -0.25) is 4.79 Å². The van der Waals surface area contributed by atoms with Crippen molar-refractivity contribution < 1.29 is 4.79 Å². The van der Waals surface area contributed by atoms with Crippen molar-refractivity contribution in [3.05, 3.63) is 47.8 Å². The summed E-state index contributed by atoms with van der Waals surface area (Å²) < 4.78 is 1.93. The molecule has 0 saturated heterocycles. The van der Waals surface area contributed by atoms with Gasteiger partial charge in [0, 0.05) is 17.7 Å². The molecule has 0 bridgehead atoms. The number of benzene rings is 1. The predicted molar refractivity (Wildman–Crippen MR) is 76.0 cm³/mol. The molecule has 0 spiro atoms. The molecule has 1 aromatic heterocycles. The molecule has 102 valence electrons. The zero-order chi connectivity index (χ0) is 13.5. The molecule has 2 saturated carbocycles. The second-order valence-corrected chi connectivity index (χ2v) is 5.72. The van der Waals surface area contributed by atoms with E-state index in [1.807, 2.05) is 41.1 Å². The molecule has 0 atom stereocenters. The quantitative estimate of drug-likeness (QED) is 0.925. The number of amides is 1. The number of hydrogen-bond acceptors (Lipinski definition) is 2. The van der Waals surface area contributed by atoms with Crippen molar-refractivity contribution in [2.24, 2.45) is 0 Å². The average Bonchev–Trinajstić information content (AvgIpc) is 3.40. The first-order valence-electron chi connectivity index (χ1n) is 7.27. The summed E-state index contributed by atoms with van der Waals surface area (Å²) in [5.74, 6) is 0.522. The minimum Gasteiger partial charge on any atom is -0.348 e. The van der Waals surface area contributed by atoms with Gasteiger partial charge in [0.2, 0.25) is 0 Å². The van der Waals surface area contributed by atoms with Gasteiger partial charge in [-0.1, -0.05) is 18.2 Å². The minimum atomic E-state index is -0.0379. The van der Waals surface area contributed by atoms with Crippen LogP contribution in [-0.4, -0.2) is 21.7 Å². The fourth-order valence-electron chi connectivity index (χ4n) is 2.44. The average molecular weight is 267 g/mol. The summed E-state index contributed by atoms with van der Waals surface area (Å²) in [5.41, 5.74) is 2.74. The van der Waals surface area contributed by atoms with Gasteiger partial charge >= 0.3 is 0 Å². The van der Waals surface area contributed by atoms with Crippen LogP contribution in [0.25, 0.3) is 5.69 Å². The van der Waals surface area contributed by atoms with Gasteiger partial charge < -0.3 is 5.32 Å². The van der Waals surface area contributed by atoms with Crippen molar-refractivity contribution in [2.45, 2.75) is 37.6 Å². The largest absolute Gasteiger partial charge is 0.348 e. The lowest BCUT2D eigenvalue weighted by Crippen LogP contribution is -2.25. The molecule has 1 amide bonds. The molecule has 0 aliphatic heterocycles. The van der Waals surface area contributed by atoms with E-state index in [1.54, 1.807) is 0 Å². The number of aromatic nitrogens is 2. The number of carbonyl (C=O) groups excluding carboxylic acids is 1. The summed E-state index contributed by atoms with van der Waals surface area (Å²) in [6, 6.07) is 12.4. The highest BCUT2D eigenvalue weighted by molar-refractivity contribution is 5.92. The summed E-state index contributed by atoms with van der Waals surface area (Å²) >= 11 is 0. The fraction of sp³-hybridized carbons (Fsp3) is 0.375. The van der Waals surface area contributed by atoms with Crippen LogP contribution in [0.15, 0.2) is 36.4 Å². The van der Waals surface area contributed by atoms with Crippen LogP contribution in [0.1, 0.15) is 47.8 Å². The Hall–Kier alpha value is -2.10. The molecule has 4 rings (SSSR count). The first kappa shape index (κ1) is 11.7. The Balaban J connectivity index is 1.69. The lowest BCUT2D eigenvalue weighted by Gasteiger charge is -2.05. The van der Waals surface area contributed by atoms with Crippen LogP contribution in [-0.2, 0) is 0 Å². The maximum absolute atomic E-state index is 12.1. The number of nitrogens with zero attached hydrogens (tertiary/aromatic N) is 2. The normalized spacial score (nSPS) is 18.0. The Morgan fingerprint density at radius 3 is 2.55 bits per heavy atom. The summed E-state index contributed by atoms with van der Waals surface area (Å²) in [6.07, 6.45) is 4.59. The molecule has 2 aliphatic carbocycles. The maximum atomic E-state index is 12.1. The fourth-order valence-corrected chi connectivity index (χ4v) is 2.44. The molecule has 2 aromatic rings. The third-order valence-corrected chi connectivity index (χ3v) is 3.88. The molecule has 4 heteroatoms. The zero-order valence-corrected chi connectivity index (χ0v) is 11.2. The molecule has 20 heavy (non-hydrogen) atoms. The molecule has 1 N–H and O–H groups in total. The van der Waals surface area contributed by atoms with E-state index in [0.717, 1.165) is 24.2 Å². The van der Waals surface area contributed by atoms with Crippen molar-refractivity contribution in [3.63, 3.8) is 0 Å². The van der Waals surface area contributed by atoms with Crippen LogP contribution in [0.2, 0.25) is 0 Å². The predicted octanol–water partition coefficient (Wildman–Crippen LogP) is 2.64. The van der Waals surface area contributed by atoms with Crippen molar-refractivity contribution in [2.75, 3.05) is 0 Å². The molecule has 0 radical (unpaired) electrons. The highest BCUT2D eigenvalue weighted by Crippen LogP contribution is 2.41. The van der Waals surface area contributed by atoms with Crippen molar-refractivity contribution in [1.29, 1.82) is 0 Å². The van der Waals surface area contributed by atoms with Gasteiger partial charge in [-0.25, -0.2) is 4.68 Å². The van der Waals surface area contributed by atoms with Gasteiger partial charge in [0.05, 0.1) is 5.69 Å². The van der Waals surface area contributed by atoms with E-state index in [1.165, 1.54) is 12.8 Å². The van der Waals surface area contributed by atoms with E-state index in [-0.39, 0.29) is 5.91 Å². The van der Waals surface area contributed by atoms with Crippen molar-refractivity contribution in [3.8, 4) is 5.69 Å². The van der Waals surface area contributed by atoms with E-state index in [9.17, 15) is 4.79 Å². The number of rotatable bonds is 4. The molecule has 0 unspecified atom stereocenters. The number of para-hydroxylation sites is 1. The standard InChI is InChI=1S/C16H17N3O/c20-16(17-12-8-9-12)14-10-15(11-6-7-11)19(18-14)13-4-2-1-3-5-13/h1-5,10-12H,6-9H2,(H,17,20). The smallest absolute Gasteiger partial charge is 0.272 e. The molecular weight excluding hydrogens is 250 g/mol. The van der Waals surface area contributed by atoms with Crippen LogP contribution in [0.4, 0.5) is 0 Å². The van der Waals surface area contributed by atoms with Crippen molar-refractivity contribution >= 4 is 5.91 Å². The first-order chi connectivity index (χ1) is 9.81. The second-order valence-electron chi connectivity index (χ2n) is 5.72. The van der Waals surface area contributed by atoms with Gasteiger partial charge in [-0.05, 0) is 43.9 Å². The van der Waals surface area contributed by atoms with Gasteiger partial charge in [-0.15, -0.1) is 0 Å². The van der Waals surface area contributed by atoms with Gasteiger partial charge in [0.25, 0.3) is 5.91 Å². The Morgan fingerprint density at radius 1 is 1.15 bits per heavy atom. The molecule has 1 aromatic carbocycles. The van der Waals surface area contributed by atoms with Crippen molar-refractivity contribution in [1.82, 2.24) is 15.1 Å². The molecule has 4 nitrogen and oxygen atoms in total. The Labute approximate surface area is 117 Å². The summed E-state index contributed by atoms with van der Waals surface area (Å²) in [6.45, 7) is 0. The van der Waals surface area contributed by atoms with Crippen LogP contribution in [0.3, 0.4) is 0 Å². The lowest BCUT2D eigenvalue weighted by molar-refractivity contribution is 0.0945. The van der Waals surface area contributed by atoms with Crippen LogP contribution < -0.4 is 5.32 Å². The minimum absolute atomic E-state index is 0.0379. The maximum Gasteiger partial charge on any atom is 0.272 e. The number of carbonyl (C=O) groups is 1. The highest BCUT2D eigenvalue weighted by Gasteiger charge is 2.31. The Morgan fingerprint density at radius 2 is 1.90 bits per heavy atom. The van der Waals surface area contributed by atoms with E-state index in [4.69, 9.17) is 0 Å². The van der Waals surface area contributed by atoms with E-state index in [0.29, 0.717) is 17.7 Å². The Kier molecular flexibility index (Phi) is 2.62. The highest BCUT2D eigenvalue weighted by atomic mass is 16.2. The number of nitrogens with one attached hydrogen (secondary N) is 1. The molecule has 2 aliphatic rings. The monoisotopic (exact) mass is 267 g/mol. The third-order valence-electron chi connectivity index (χ3n) is 3.88. The zero-order valence-electron chi connectivity index (χ0n) is 11.2. The van der Waals surface area contributed by atoms with E-state index in [2.05, 4.69) is 10.4 Å². The van der Waals surface area contributed by atoms with Gasteiger partial charge in [0.1, 0.15) is 0 Å². The van der Waals surface area contributed by atoms with Crippen LogP contribution >= 0.6 is 0 Å². The molecule has 2 fully saturated rings. The second kappa shape index (κ2) is 4.47. The number of hydrogen-bond donors (Lipinski definition) is 1. The molecule has 1 heterocycles. The van der Waals surface area contributed by atoms with E-state index >= 15 is 0 Å². The lowest BCUT2D eigenvalue weighted by atomic mass is 10.2. The summed E-state index contributed by atoms with van der Waals surface area (Å²) in [4.78, 5) is 12.1. The third kappa shape index (κ3) is 2.22. The van der Waals surface area contributed by atoms with E-state index < -0.39 is 0 Å². The first-order valence-corrected chi connectivity index (χ1v) is 7.27. The SMILES string of the molecule is O=C(NC1CC1)c1cc(C2CC2)n(-c2ccccc2)n1. The Bertz CT molecular complexity index is 639. The summed E-state index contributed by atoms with van der Waals surface area (Å²) in [5, 5.41) is 7.53. The van der Waals surface area contributed by atoms with Gasteiger partial charge in [-0.2, -0.15) is 5.10 Å². The summed E-state index contributed by atoms with van der Waals surface area (Å²) in [7, 11) is 0. The van der Waals surface area contributed by atoms with Gasteiger partial charge in [0.15, 0.2) is 5.69 Å². The van der Waals surface area contributed by atoms with Crippen LogP contribution in [0.5, 0.6) is 0 Å².